The Morgan fingerprint density at radius 2 is 1.82 bits per heavy atom. The number of hydrogen-bond donors (Lipinski definition) is 1. The summed E-state index contributed by atoms with van der Waals surface area (Å²) < 4.78 is 0. The Bertz CT molecular complexity index is 454. The van der Waals surface area contributed by atoms with Gasteiger partial charge in [-0.3, -0.25) is 14.9 Å². The van der Waals surface area contributed by atoms with Crippen molar-refractivity contribution in [2.24, 2.45) is 0 Å². The Morgan fingerprint density at radius 3 is 2.24 bits per heavy atom. The first kappa shape index (κ1) is 12.6. The quantitative estimate of drug-likeness (QED) is 0.558. The molecule has 0 saturated heterocycles. The minimum absolute atomic E-state index is 0.142. The number of carbonyl (C=O) groups is 2. The standard InChI is InChI=1S/C10H10N2O5/c1-6(10(14)15)11-9(13)7-2-4-8(5-3-7)12(16)17/h2-6H,1H3,(H,11,13)(H,14,15)/p-1. The van der Waals surface area contributed by atoms with E-state index >= 15 is 0 Å². The first-order valence-electron chi connectivity index (χ1n) is 4.68. The monoisotopic (exact) mass is 237 g/mol. The van der Waals surface area contributed by atoms with Crippen LogP contribution in [0.2, 0.25) is 0 Å². The van der Waals surface area contributed by atoms with Gasteiger partial charge in [0.1, 0.15) is 0 Å². The highest BCUT2D eigenvalue weighted by Gasteiger charge is 2.12. The molecule has 0 aliphatic heterocycles. The summed E-state index contributed by atoms with van der Waals surface area (Å²) in [6.07, 6.45) is 0. The largest absolute Gasteiger partial charge is 0.548 e. The number of non-ortho nitro benzene ring substituents is 1. The molecule has 7 nitrogen and oxygen atoms in total. The number of benzene rings is 1. The average molecular weight is 237 g/mol. The number of carbonyl (C=O) groups excluding carboxylic acids is 2. The molecule has 1 unspecified atom stereocenters. The predicted molar refractivity (Wildman–Crippen MR) is 55.0 cm³/mol. The zero-order valence-corrected chi connectivity index (χ0v) is 8.88. The molecule has 0 fully saturated rings. The average Bonchev–Trinajstić information content (AvgIpc) is 2.28. The van der Waals surface area contributed by atoms with Crippen LogP contribution in [0.25, 0.3) is 0 Å². The molecule has 0 saturated carbocycles. The van der Waals surface area contributed by atoms with Crippen molar-refractivity contribution in [3.63, 3.8) is 0 Å². The Balaban J connectivity index is 2.77. The number of nitrogens with zero attached hydrogens (tertiary/aromatic N) is 1. The van der Waals surface area contributed by atoms with Gasteiger partial charge in [0.05, 0.1) is 16.9 Å². The third-order valence-electron chi connectivity index (χ3n) is 2.04. The first-order chi connectivity index (χ1) is 7.91. The molecule has 1 aromatic carbocycles. The maximum absolute atomic E-state index is 11.5. The van der Waals surface area contributed by atoms with E-state index in [-0.39, 0.29) is 11.3 Å². The van der Waals surface area contributed by atoms with Gasteiger partial charge in [-0.15, -0.1) is 0 Å². The second kappa shape index (κ2) is 5.06. The van der Waals surface area contributed by atoms with E-state index in [4.69, 9.17) is 0 Å². The number of aliphatic carboxylic acids is 1. The summed E-state index contributed by atoms with van der Waals surface area (Å²) in [7, 11) is 0. The summed E-state index contributed by atoms with van der Waals surface area (Å²) in [6.45, 7) is 1.26. The van der Waals surface area contributed by atoms with Gasteiger partial charge < -0.3 is 15.2 Å². The molecule has 90 valence electrons. The molecule has 1 aromatic rings. The summed E-state index contributed by atoms with van der Waals surface area (Å²) in [6, 6.07) is 3.69. The van der Waals surface area contributed by atoms with Crippen molar-refractivity contribution in [3.05, 3.63) is 39.9 Å². The molecule has 0 aromatic heterocycles. The SMILES string of the molecule is CC(NC(=O)c1ccc([N+](=O)[O-])cc1)C(=O)[O-]. The van der Waals surface area contributed by atoms with E-state index in [9.17, 15) is 24.8 Å². The lowest BCUT2D eigenvalue weighted by molar-refractivity contribution is -0.384. The van der Waals surface area contributed by atoms with Crippen LogP contribution in [0.1, 0.15) is 17.3 Å². The number of hydrogen-bond acceptors (Lipinski definition) is 5. The van der Waals surface area contributed by atoms with Crippen LogP contribution in [0.15, 0.2) is 24.3 Å². The van der Waals surface area contributed by atoms with Crippen molar-refractivity contribution >= 4 is 17.6 Å². The molecule has 0 aliphatic carbocycles. The Kier molecular flexibility index (Phi) is 3.76. The van der Waals surface area contributed by atoms with Gasteiger partial charge in [-0.05, 0) is 19.1 Å². The fraction of sp³-hybridized carbons (Fsp3) is 0.200. The second-order valence-corrected chi connectivity index (χ2v) is 3.32. The van der Waals surface area contributed by atoms with Crippen molar-refractivity contribution < 1.29 is 19.6 Å². The molecule has 1 amide bonds. The summed E-state index contributed by atoms with van der Waals surface area (Å²) >= 11 is 0. The summed E-state index contributed by atoms with van der Waals surface area (Å²) in [5, 5.41) is 22.9. The number of carboxylic acid groups (broad SMARTS) is 1. The van der Waals surface area contributed by atoms with Crippen LogP contribution >= 0.6 is 0 Å². The van der Waals surface area contributed by atoms with Gasteiger partial charge >= 0.3 is 0 Å². The van der Waals surface area contributed by atoms with Crippen molar-refractivity contribution in [1.29, 1.82) is 0 Å². The van der Waals surface area contributed by atoms with Crippen LogP contribution in [0.3, 0.4) is 0 Å². The van der Waals surface area contributed by atoms with Gasteiger partial charge in [0.15, 0.2) is 0 Å². The number of nitro groups is 1. The van der Waals surface area contributed by atoms with Crippen molar-refractivity contribution in [3.8, 4) is 0 Å². The van der Waals surface area contributed by atoms with E-state index in [1.807, 2.05) is 0 Å². The molecule has 7 heteroatoms. The van der Waals surface area contributed by atoms with E-state index in [1.165, 1.54) is 31.2 Å². The molecule has 17 heavy (non-hydrogen) atoms. The molecule has 0 spiro atoms. The fourth-order valence-corrected chi connectivity index (χ4v) is 1.07. The Hall–Kier alpha value is -2.44. The third kappa shape index (κ3) is 3.26. The zero-order chi connectivity index (χ0) is 13.0. The molecule has 0 radical (unpaired) electrons. The van der Waals surface area contributed by atoms with Crippen LogP contribution in [0.4, 0.5) is 5.69 Å². The van der Waals surface area contributed by atoms with E-state index < -0.39 is 22.8 Å². The lowest BCUT2D eigenvalue weighted by Gasteiger charge is -2.14. The molecule has 0 aliphatic rings. The second-order valence-electron chi connectivity index (χ2n) is 3.32. The number of rotatable bonds is 4. The molecule has 1 rings (SSSR count). The summed E-state index contributed by atoms with van der Waals surface area (Å²) in [4.78, 5) is 31.6. The van der Waals surface area contributed by atoms with E-state index in [1.54, 1.807) is 0 Å². The van der Waals surface area contributed by atoms with Crippen LogP contribution in [-0.4, -0.2) is 22.8 Å². The van der Waals surface area contributed by atoms with Crippen molar-refractivity contribution in [2.45, 2.75) is 13.0 Å². The highest BCUT2D eigenvalue weighted by Crippen LogP contribution is 2.11. The van der Waals surface area contributed by atoms with Crippen LogP contribution in [-0.2, 0) is 4.79 Å². The molecular weight excluding hydrogens is 228 g/mol. The van der Waals surface area contributed by atoms with Gasteiger partial charge in [-0.2, -0.15) is 0 Å². The fourth-order valence-electron chi connectivity index (χ4n) is 1.07. The van der Waals surface area contributed by atoms with Gasteiger partial charge in [-0.1, -0.05) is 0 Å². The highest BCUT2D eigenvalue weighted by atomic mass is 16.6. The maximum atomic E-state index is 11.5. The Morgan fingerprint density at radius 1 is 1.29 bits per heavy atom. The van der Waals surface area contributed by atoms with E-state index in [2.05, 4.69) is 5.32 Å². The smallest absolute Gasteiger partial charge is 0.269 e. The molecule has 1 N–H and O–H groups in total. The molecule has 0 heterocycles. The number of carboxylic acids is 1. The van der Waals surface area contributed by atoms with E-state index in [0.29, 0.717) is 0 Å². The van der Waals surface area contributed by atoms with Gasteiger partial charge in [0.2, 0.25) is 0 Å². The van der Waals surface area contributed by atoms with Crippen LogP contribution in [0, 0.1) is 10.1 Å². The minimum atomic E-state index is -1.40. The summed E-state index contributed by atoms with van der Waals surface area (Å²) in [5.74, 6) is -2.03. The maximum Gasteiger partial charge on any atom is 0.269 e. The number of amides is 1. The number of nitrogens with one attached hydrogen (secondary N) is 1. The van der Waals surface area contributed by atoms with Crippen LogP contribution < -0.4 is 10.4 Å². The van der Waals surface area contributed by atoms with Crippen molar-refractivity contribution in [1.82, 2.24) is 5.32 Å². The van der Waals surface area contributed by atoms with Gasteiger partial charge in [0.25, 0.3) is 11.6 Å². The molecule has 1 atom stereocenters. The lowest BCUT2D eigenvalue weighted by Crippen LogP contribution is -2.45. The summed E-state index contributed by atoms with van der Waals surface area (Å²) in [5.41, 5.74) is -0.00167. The normalized spacial score (nSPS) is 11.6. The van der Waals surface area contributed by atoms with Crippen LogP contribution in [0.5, 0.6) is 0 Å². The predicted octanol–water partition coefficient (Wildman–Crippen LogP) is -0.537. The lowest BCUT2D eigenvalue weighted by atomic mass is 10.2. The first-order valence-corrected chi connectivity index (χ1v) is 4.68. The minimum Gasteiger partial charge on any atom is -0.548 e. The number of nitro benzene ring substituents is 1. The van der Waals surface area contributed by atoms with Crippen molar-refractivity contribution in [2.75, 3.05) is 0 Å². The highest BCUT2D eigenvalue weighted by molar-refractivity contribution is 5.96. The topological polar surface area (TPSA) is 112 Å². The van der Waals surface area contributed by atoms with Gasteiger partial charge in [-0.25, -0.2) is 0 Å². The Labute approximate surface area is 96.2 Å². The molecular formula is C10H9N2O5-. The zero-order valence-electron chi connectivity index (χ0n) is 8.88. The molecule has 0 bridgehead atoms. The third-order valence-corrected chi connectivity index (χ3v) is 2.04. The van der Waals surface area contributed by atoms with Gasteiger partial charge in [0, 0.05) is 17.7 Å². The van der Waals surface area contributed by atoms with E-state index in [0.717, 1.165) is 0 Å².